The average molecular weight is 1060 g/mol. The Morgan fingerprint density at radius 1 is 0.527 bits per heavy atom. The average Bonchev–Trinajstić information content (AvgIpc) is 3.38. The van der Waals surface area contributed by atoms with Crippen LogP contribution in [0.15, 0.2) is 97.2 Å². The van der Waals surface area contributed by atoms with Gasteiger partial charge in [0.2, 0.25) is 0 Å². The molecule has 1 aliphatic heterocycles. The van der Waals surface area contributed by atoms with Gasteiger partial charge in [-0.1, -0.05) is 214 Å². The van der Waals surface area contributed by atoms with Gasteiger partial charge in [0.25, 0.3) is 0 Å². The number of hydrogen-bond donors (Lipinski definition) is 4. The summed E-state index contributed by atoms with van der Waals surface area (Å²) >= 11 is 0. The van der Waals surface area contributed by atoms with Crippen LogP contribution in [0.4, 0.5) is 0 Å². The van der Waals surface area contributed by atoms with Gasteiger partial charge < -0.3 is 34.3 Å². The molecular formula is C61H104O12S. The van der Waals surface area contributed by atoms with E-state index >= 15 is 0 Å². The number of rotatable bonds is 50. The molecule has 0 saturated carbocycles. The third-order valence-corrected chi connectivity index (χ3v) is 13.2. The van der Waals surface area contributed by atoms with E-state index < -0.39 is 59.8 Å². The van der Waals surface area contributed by atoms with Crippen molar-refractivity contribution in [1.29, 1.82) is 0 Å². The maximum absolute atomic E-state index is 13.0. The van der Waals surface area contributed by atoms with Gasteiger partial charge in [-0.25, -0.2) is 4.18 Å². The number of aliphatic hydroxyl groups is 3. The number of aliphatic hydroxyl groups excluding tert-OH is 3. The summed E-state index contributed by atoms with van der Waals surface area (Å²) in [4.78, 5) is 13.0. The number of hydrogen-bond acceptors (Lipinski definition) is 11. The number of allylic oxidation sites excluding steroid dienone is 16. The molecule has 0 aromatic carbocycles. The highest BCUT2D eigenvalue weighted by Gasteiger charge is 2.48. The second-order valence-electron chi connectivity index (χ2n) is 19.5. The summed E-state index contributed by atoms with van der Waals surface area (Å²) in [6, 6.07) is 0. The normalized spacial score (nSPS) is 19.5. The highest BCUT2D eigenvalue weighted by Crippen LogP contribution is 2.26. The Bertz CT molecular complexity index is 1650. The molecule has 1 rings (SSSR count). The summed E-state index contributed by atoms with van der Waals surface area (Å²) in [5.41, 5.74) is 0. The molecule has 13 heteroatoms. The number of esters is 1. The van der Waals surface area contributed by atoms with Gasteiger partial charge in [-0.15, -0.1) is 0 Å². The molecule has 1 aliphatic rings. The van der Waals surface area contributed by atoms with Gasteiger partial charge in [0, 0.05) is 13.0 Å². The Hall–Kier alpha value is -2.98. The van der Waals surface area contributed by atoms with Gasteiger partial charge in [-0.3, -0.25) is 9.35 Å². The molecule has 0 aromatic heterocycles. The molecule has 6 atom stereocenters. The lowest BCUT2D eigenvalue weighted by Gasteiger charge is -2.41. The summed E-state index contributed by atoms with van der Waals surface area (Å²) in [5.74, 6) is -0.420. The summed E-state index contributed by atoms with van der Waals surface area (Å²) in [7, 11) is -5.08. The summed E-state index contributed by atoms with van der Waals surface area (Å²) in [6.45, 7) is 3.84. The van der Waals surface area contributed by atoms with Crippen LogP contribution in [0.3, 0.4) is 0 Å². The zero-order valence-corrected chi connectivity index (χ0v) is 46.9. The van der Waals surface area contributed by atoms with Crippen LogP contribution in [0, 0.1) is 0 Å². The Morgan fingerprint density at radius 2 is 0.932 bits per heavy atom. The molecule has 6 unspecified atom stereocenters. The van der Waals surface area contributed by atoms with E-state index in [1.54, 1.807) is 0 Å². The fraction of sp³-hybridized carbons (Fsp3) is 0.721. The standard InChI is InChI=1S/C61H104O12S/c1-3-5-7-9-11-13-15-17-19-21-23-25-26-27-28-29-31-33-35-37-39-41-43-45-47-49-51-69-53-55(54-70-61-59(65)60(73-74(66,67)68)58(64)56(52-62)72-61)71-57(63)50-48-46-44-42-40-38-36-34-32-30-24-22-20-18-16-14-12-10-8-6-4-2/h6,8,12,14-15,17-18,20-21,23-24,26-27,30,34,36,55-56,58-62,64-65H,3-5,7,9-11,13,16,19,22,25,28-29,31-33,35,37-54H2,1-2H3,(H,66,67,68)/b8-6-,14-12-,17-15-,20-18-,23-21-,27-26-,30-24-,36-34-. The van der Waals surface area contributed by atoms with Crippen molar-refractivity contribution in [3.8, 4) is 0 Å². The Morgan fingerprint density at radius 3 is 1.36 bits per heavy atom. The van der Waals surface area contributed by atoms with Gasteiger partial charge in [-0.2, -0.15) is 8.42 Å². The molecular weight excluding hydrogens is 957 g/mol. The third-order valence-electron chi connectivity index (χ3n) is 12.7. The zero-order valence-electron chi connectivity index (χ0n) is 46.1. The number of carbonyl (C=O) groups excluding carboxylic acids is 1. The Balaban J connectivity index is 2.32. The molecule has 12 nitrogen and oxygen atoms in total. The topological polar surface area (TPSA) is 178 Å². The van der Waals surface area contributed by atoms with E-state index in [1.165, 1.54) is 96.3 Å². The zero-order chi connectivity index (χ0) is 53.8. The second-order valence-corrected chi connectivity index (χ2v) is 20.5. The minimum Gasteiger partial charge on any atom is -0.457 e. The molecule has 4 N–H and O–H groups in total. The van der Waals surface area contributed by atoms with Crippen LogP contribution >= 0.6 is 0 Å². The van der Waals surface area contributed by atoms with Crippen molar-refractivity contribution in [3.63, 3.8) is 0 Å². The molecule has 1 saturated heterocycles. The first-order valence-electron chi connectivity index (χ1n) is 29.0. The highest BCUT2D eigenvalue weighted by molar-refractivity contribution is 7.80. The number of ether oxygens (including phenoxy) is 4. The van der Waals surface area contributed by atoms with Crippen molar-refractivity contribution >= 4 is 16.4 Å². The predicted molar refractivity (Wildman–Crippen MR) is 303 cm³/mol. The largest absolute Gasteiger partial charge is 0.457 e. The van der Waals surface area contributed by atoms with E-state index in [1.807, 2.05) is 0 Å². The van der Waals surface area contributed by atoms with Crippen LogP contribution in [0.5, 0.6) is 0 Å². The quantitative estimate of drug-likeness (QED) is 0.0196. The lowest BCUT2D eigenvalue weighted by Crippen LogP contribution is -2.60. The molecule has 0 radical (unpaired) electrons. The lowest BCUT2D eigenvalue weighted by molar-refractivity contribution is -0.301. The van der Waals surface area contributed by atoms with Crippen LogP contribution in [0.2, 0.25) is 0 Å². The summed E-state index contributed by atoms with van der Waals surface area (Å²) in [5, 5.41) is 30.8. The fourth-order valence-corrected chi connectivity index (χ4v) is 8.86. The van der Waals surface area contributed by atoms with Crippen LogP contribution in [-0.2, 0) is 38.3 Å². The monoisotopic (exact) mass is 1060 g/mol. The molecule has 1 heterocycles. The van der Waals surface area contributed by atoms with Crippen molar-refractivity contribution in [2.24, 2.45) is 0 Å². The van der Waals surface area contributed by atoms with Crippen molar-refractivity contribution in [2.45, 2.75) is 256 Å². The minimum absolute atomic E-state index is 0.0203. The number of unbranched alkanes of at least 4 members (excludes halogenated alkanes) is 21. The van der Waals surface area contributed by atoms with Gasteiger partial charge in [0.15, 0.2) is 6.29 Å². The number of carbonyl (C=O) groups is 1. The van der Waals surface area contributed by atoms with Gasteiger partial charge in [-0.05, 0) is 96.3 Å². The highest BCUT2D eigenvalue weighted by atomic mass is 32.3. The molecule has 0 aliphatic carbocycles. The Kier molecular flexibility index (Phi) is 47.4. The van der Waals surface area contributed by atoms with Crippen LogP contribution in [-0.4, -0.2) is 97.5 Å². The maximum atomic E-state index is 13.0. The van der Waals surface area contributed by atoms with E-state index in [0.717, 1.165) is 96.3 Å². The van der Waals surface area contributed by atoms with E-state index in [2.05, 4.69) is 115 Å². The predicted octanol–water partition coefficient (Wildman–Crippen LogP) is 14.5. The SMILES string of the molecule is CC/C=C\C/C=C\C/C=C\C/C=C\C/C=C\CCCCCCCC(=O)OC(COCCCCCCCCCCCCC/C=C\C/C=C\C/C=C\CCCCCCC)COC1OC(CO)C(O)C(OS(=O)(=O)O)C1O. The van der Waals surface area contributed by atoms with Crippen molar-refractivity contribution in [1.82, 2.24) is 0 Å². The smallest absolute Gasteiger partial charge is 0.397 e. The van der Waals surface area contributed by atoms with Crippen LogP contribution in [0.25, 0.3) is 0 Å². The second kappa shape index (κ2) is 50.8. The molecule has 0 spiro atoms. The molecule has 74 heavy (non-hydrogen) atoms. The molecule has 0 aromatic rings. The first-order valence-corrected chi connectivity index (χ1v) is 30.4. The van der Waals surface area contributed by atoms with Gasteiger partial charge >= 0.3 is 16.4 Å². The first-order chi connectivity index (χ1) is 36.1. The molecule has 1 fully saturated rings. The van der Waals surface area contributed by atoms with Crippen molar-refractivity contribution < 1.29 is 56.2 Å². The van der Waals surface area contributed by atoms with Gasteiger partial charge in [0.1, 0.15) is 30.5 Å². The van der Waals surface area contributed by atoms with Gasteiger partial charge in [0.05, 0.1) is 19.8 Å². The van der Waals surface area contributed by atoms with E-state index in [-0.39, 0.29) is 19.6 Å². The van der Waals surface area contributed by atoms with Crippen molar-refractivity contribution in [3.05, 3.63) is 97.2 Å². The maximum Gasteiger partial charge on any atom is 0.397 e. The van der Waals surface area contributed by atoms with Crippen LogP contribution < -0.4 is 0 Å². The lowest BCUT2D eigenvalue weighted by atomic mass is 9.99. The summed E-state index contributed by atoms with van der Waals surface area (Å²) < 4.78 is 59.4. The third kappa shape index (κ3) is 43.2. The minimum atomic E-state index is -5.08. The first kappa shape index (κ1) is 69.0. The molecule has 0 amide bonds. The molecule has 426 valence electrons. The summed E-state index contributed by atoms with van der Waals surface area (Å²) in [6.07, 6.45) is 61.5. The van der Waals surface area contributed by atoms with Crippen LogP contribution in [0.1, 0.15) is 219 Å². The molecule has 0 bridgehead atoms. The van der Waals surface area contributed by atoms with E-state index in [9.17, 15) is 33.1 Å². The van der Waals surface area contributed by atoms with E-state index in [0.29, 0.717) is 13.0 Å². The van der Waals surface area contributed by atoms with E-state index in [4.69, 9.17) is 18.9 Å². The van der Waals surface area contributed by atoms with Crippen molar-refractivity contribution in [2.75, 3.05) is 26.4 Å². The fourth-order valence-electron chi connectivity index (χ4n) is 8.35. The Labute approximate surface area is 450 Å².